The molecular formula is C16H22Cl2N2O. The molecule has 1 N–H and O–H groups in total. The molecule has 0 radical (unpaired) electrons. The number of halogens is 2. The smallest absolute Gasteiger partial charge is 0.228 e. The number of nitrogens with one attached hydrogen (secondary N) is 1. The first kappa shape index (κ1) is 16.6. The van der Waals surface area contributed by atoms with E-state index in [4.69, 9.17) is 11.6 Å². The molecule has 0 spiro atoms. The first-order valence-electron chi connectivity index (χ1n) is 7.46. The minimum Gasteiger partial charge on any atom is -0.342 e. The van der Waals surface area contributed by atoms with Gasteiger partial charge in [0.05, 0.1) is 5.92 Å². The lowest BCUT2D eigenvalue weighted by Crippen LogP contribution is -2.52. The lowest BCUT2D eigenvalue weighted by Gasteiger charge is -2.32. The summed E-state index contributed by atoms with van der Waals surface area (Å²) in [4.78, 5) is 14.5. The Balaban J connectivity index is 0.00000161. The van der Waals surface area contributed by atoms with Crippen LogP contribution < -0.4 is 5.32 Å². The molecule has 21 heavy (non-hydrogen) atoms. The third-order valence-electron chi connectivity index (χ3n) is 4.20. The Morgan fingerprint density at radius 2 is 1.90 bits per heavy atom. The zero-order chi connectivity index (χ0) is 13.9. The maximum absolute atomic E-state index is 12.4. The topological polar surface area (TPSA) is 32.3 Å². The molecule has 1 aromatic carbocycles. The largest absolute Gasteiger partial charge is 0.342 e. The van der Waals surface area contributed by atoms with Crippen LogP contribution in [0, 0.1) is 11.8 Å². The van der Waals surface area contributed by atoms with E-state index in [1.54, 1.807) is 0 Å². The molecule has 1 aliphatic heterocycles. The molecule has 3 nitrogen and oxygen atoms in total. The Bertz CT molecular complexity index is 470. The van der Waals surface area contributed by atoms with E-state index in [-0.39, 0.29) is 18.3 Å². The highest BCUT2D eigenvalue weighted by Crippen LogP contribution is 2.30. The van der Waals surface area contributed by atoms with Crippen LogP contribution >= 0.6 is 24.0 Å². The number of hydrogen-bond acceptors (Lipinski definition) is 2. The van der Waals surface area contributed by atoms with Gasteiger partial charge in [-0.15, -0.1) is 12.4 Å². The van der Waals surface area contributed by atoms with E-state index in [9.17, 15) is 4.79 Å². The van der Waals surface area contributed by atoms with Crippen molar-refractivity contribution >= 4 is 29.9 Å². The van der Waals surface area contributed by atoms with Crippen LogP contribution in [0.4, 0.5) is 0 Å². The standard InChI is InChI=1S/C16H21ClN2O.ClH/c17-15-5-3-12(4-6-15)7-8-19(11-13-1-2-13)16(20)14-9-18-10-14;/h3-6,13-14,18H,1-2,7-11H2;1H. The number of amides is 1. The first-order valence-corrected chi connectivity index (χ1v) is 7.84. The van der Waals surface area contributed by atoms with Crippen molar-refractivity contribution in [3.63, 3.8) is 0 Å². The minimum absolute atomic E-state index is 0. The molecule has 2 fully saturated rings. The maximum atomic E-state index is 12.4. The Hall–Kier alpha value is -0.770. The van der Waals surface area contributed by atoms with Gasteiger partial charge in [-0.1, -0.05) is 23.7 Å². The van der Waals surface area contributed by atoms with E-state index in [1.807, 2.05) is 24.3 Å². The monoisotopic (exact) mass is 328 g/mol. The molecule has 1 heterocycles. The van der Waals surface area contributed by atoms with Crippen molar-refractivity contribution in [3.8, 4) is 0 Å². The second-order valence-electron chi connectivity index (χ2n) is 5.96. The molecule has 1 saturated carbocycles. The lowest BCUT2D eigenvalue weighted by atomic mass is 10.0. The van der Waals surface area contributed by atoms with E-state index in [1.165, 1.54) is 18.4 Å². The summed E-state index contributed by atoms with van der Waals surface area (Å²) in [6, 6.07) is 7.93. The van der Waals surface area contributed by atoms with E-state index < -0.39 is 0 Å². The third-order valence-corrected chi connectivity index (χ3v) is 4.45. The second kappa shape index (κ2) is 7.48. The molecule has 0 bridgehead atoms. The van der Waals surface area contributed by atoms with Crippen molar-refractivity contribution < 1.29 is 4.79 Å². The van der Waals surface area contributed by atoms with Crippen LogP contribution in [0.2, 0.25) is 5.02 Å². The average Bonchev–Trinajstić information content (AvgIpc) is 3.18. The van der Waals surface area contributed by atoms with Crippen LogP contribution in [0.1, 0.15) is 18.4 Å². The highest BCUT2D eigenvalue weighted by atomic mass is 35.5. The van der Waals surface area contributed by atoms with Crippen molar-refractivity contribution in [1.82, 2.24) is 10.2 Å². The predicted molar refractivity (Wildman–Crippen MR) is 88.1 cm³/mol. The maximum Gasteiger partial charge on any atom is 0.228 e. The predicted octanol–water partition coefficient (Wildman–Crippen LogP) is 2.76. The Morgan fingerprint density at radius 1 is 1.24 bits per heavy atom. The Morgan fingerprint density at radius 3 is 2.43 bits per heavy atom. The molecule has 2 aliphatic rings. The third kappa shape index (κ3) is 4.60. The summed E-state index contributed by atoms with van der Waals surface area (Å²) in [6.07, 6.45) is 3.48. The summed E-state index contributed by atoms with van der Waals surface area (Å²) < 4.78 is 0. The fourth-order valence-electron chi connectivity index (χ4n) is 2.54. The Kier molecular flexibility index (Phi) is 5.91. The molecule has 1 aromatic rings. The zero-order valence-electron chi connectivity index (χ0n) is 12.1. The van der Waals surface area contributed by atoms with Gasteiger partial charge in [-0.05, 0) is 42.9 Å². The fourth-order valence-corrected chi connectivity index (χ4v) is 2.67. The van der Waals surface area contributed by atoms with Gasteiger partial charge in [-0.2, -0.15) is 0 Å². The van der Waals surface area contributed by atoms with Crippen LogP contribution in [0.15, 0.2) is 24.3 Å². The van der Waals surface area contributed by atoms with Crippen molar-refractivity contribution in [3.05, 3.63) is 34.9 Å². The van der Waals surface area contributed by atoms with Gasteiger partial charge in [0, 0.05) is 31.2 Å². The van der Waals surface area contributed by atoms with Crippen LogP contribution in [-0.4, -0.2) is 37.0 Å². The summed E-state index contributed by atoms with van der Waals surface area (Å²) in [6.45, 7) is 3.47. The molecule has 1 amide bonds. The minimum atomic E-state index is 0. The SMILES string of the molecule is Cl.O=C(C1CNC1)N(CCc1ccc(Cl)cc1)CC1CC1. The van der Waals surface area contributed by atoms with Gasteiger partial charge in [0.15, 0.2) is 0 Å². The zero-order valence-corrected chi connectivity index (χ0v) is 13.6. The number of nitrogens with zero attached hydrogens (tertiary/aromatic N) is 1. The van der Waals surface area contributed by atoms with Gasteiger partial charge in [0.25, 0.3) is 0 Å². The quantitative estimate of drug-likeness (QED) is 0.870. The van der Waals surface area contributed by atoms with E-state index in [0.717, 1.165) is 43.5 Å². The average molecular weight is 329 g/mol. The lowest BCUT2D eigenvalue weighted by molar-refractivity contribution is -0.137. The van der Waals surface area contributed by atoms with Gasteiger partial charge in [-0.3, -0.25) is 4.79 Å². The number of carbonyl (C=O) groups excluding carboxylic acids is 1. The molecular weight excluding hydrogens is 307 g/mol. The van der Waals surface area contributed by atoms with Gasteiger partial charge in [0.2, 0.25) is 5.91 Å². The van der Waals surface area contributed by atoms with Crippen LogP contribution in [0.25, 0.3) is 0 Å². The van der Waals surface area contributed by atoms with Gasteiger partial charge in [-0.25, -0.2) is 0 Å². The van der Waals surface area contributed by atoms with Gasteiger partial charge >= 0.3 is 0 Å². The van der Waals surface area contributed by atoms with Crippen LogP contribution in [0.5, 0.6) is 0 Å². The highest BCUT2D eigenvalue weighted by molar-refractivity contribution is 6.30. The summed E-state index contributed by atoms with van der Waals surface area (Å²) in [5, 5.41) is 3.95. The van der Waals surface area contributed by atoms with Crippen molar-refractivity contribution in [2.45, 2.75) is 19.3 Å². The number of carbonyl (C=O) groups is 1. The summed E-state index contributed by atoms with van der Waals surface area (Å²) >= 11 is 5.90. The molecule has 0 aromatic heterocycles. The highest BCUT2D eigenvalue weighted by Gasteiger charge is 2.32. The number of benzene rings is 1. The van der Waals surface area contributed by atoms with Crippen molar-refractivity contribution in [2.75, 3.05) is 26.2 Å². The van der Waals surface area contributed by atoms with E-state index >= 15 is 0 Å². The number of rotatable bonds is 6. The first-order chi connectivity index (χ1) is 9.72. The van der Waals surface area contributed by atoms with Crippen molar-refractivity contribution in [1.29, 1.82) is 0 Å². The van der Waals surface area contributed by atoms with Crippen molar-refractivity contribution in [2.24, 2.45) is 11.8 Å². The molecule has 3 rings (SSSR count). The molecule has 5 heteroatoms. The summed E-state index contributed by atoms with van der Waals surface area (Å²) in [5.74, 6) is 1.29. The molecule has 1 saturated heterocycles. The molecule has 0 unspecified atom stereocenters. The van der Waals surface area contributed by atoms with Crippen LogP contribution in [0.3, 0.4) is 0 Å². The fraction of sp³-hybridized carbons (Fsp3) is 0.562. The van der Waals surface area contributed by atoms with Gasteiger partial charge < -0.3 is 10.2 Å². The molecule has 116 valence electrons. The Labute approximate surface area is 137 Å². The summed E-state index contributed by atoms with van der Waals surface area (Å²) in [5.41, 5.74) is 1.25. The van der Waals surface area contributed by atoms with E-state index in [2.05, 4.69) is 10.2 Å². The normalized spacial score (nSPS) is 17.8. The van der Waals surface area contributed by atoms with Crippen LogP contribution in [-0.2, 0) is 11.2 Å². The van der Waals surface area contributed by atoms with E-state index in [0.29, 0.717) is 5.91 Å². The number of hydrogen-bond donors (Lipinski definition) is 1. The second-order valence-corrected chi connectivity index (χ2v) is 6.40. The molecule has 0 atom stereocenters. The van der Waals surface area contributed by atoms with Gasteiger partial charge in [0.1, 0.15) is 0 Å². The summed E-state index contributed by atoms with van der Waals surface area (Å²) in [7, 11) is 0. The molecule has 1 aliphatic carbocycles.